The summed E-state index contributed by atoms with van der Waals surface area (Å²) in [6, 6.07) is 28.6. The van der Waals surface area contributed by atoms with E-state index in [1.165, 1.54) is 27.8 Å². The molecule has 0 aliphatic heterocycles. The molecule has 0 fully saturated rings. The SMILES string of the molecule is Cl.NC1Cc2ccccc2C1Cc1ccc(Cc2ccccc2)cc1. The van der Waals surface area contributed by atoms with E-state index in [1.54, 1.807) is 0 Å². The summed E-state index contributed by atoms with van der Waals surface area (Å²) >= 11 is 0. The number of benzene rings is 3. The van der Waals surface area contributed by atoms with Crippen LogP contribution in [0.25, 0.3) is 0 Å². The van der Waals surface area contributed by atoms with Crippen LogP contribution in [-0.2, 0) is 19.3 Å². The molecule has 1 aliphatic carbocycles. The molecule has 0 saturated heterocycles. The zero-order chi connectivity index (χ0) is 16.4. The first-order chi connectivity index (χ1) is 11.8. The van der Waals surface area contributed by atoms with Crippen LogP contribution in [0.5, 0.6) is 0 Å². The van der Waals surface area contributed by atoms with Gasteiger partial charge in [-0.2, -0.15) is 0 Å². The Balaban J connectivity index is 0.00000182. The minimum absolute atomic E-state index is 0. The molecule has 4 rings (SSSR count). The molecule has 2 atom stereocenters. The Morgan fingerprint density at radius 1 is 0.720 bits per heavy atom. The van der Waals surface area contributed by atoms with Gasteiger partial charge in [0, 0.05) is 12.0 Å². The van der Waals surface area contributed by atoms with Gasteiger partial charge in [0.05, 0.1) is 0 Å². The van der Waals surface area contributed by atoms with E-state index in [2.05, 4.69) is 78.9 Å². The highest BCUT2D eigenvalue weighted by Crippen LogP contribution is 2.34. The van der Waals surface area contributed by atoms with Crippen LogP contribution >= 0.6 is 12.4 Å². The van der Waals surface area contributed by atoms with Crippen molar-refractivity contribution in [1.29, 1.82) is 0 Å². The third-order valence-electron chi connectivity index (χ3n) is 5.16. The summed E-state index contributed by atoms with van der Waals surface area (Å²) in [5.74, 6) is 0.446. The Hall–Kier alpha value is -2.09. The summed E-state index contributed by atoms with van der Waals surface area (Å²) in [7, 11) is 0. The summed E-state index contributed by atoms with van der Waals surface area (Å²) < 4.78 is 0. The highest BCUT2D eigenvalue weighted by atomic mass is 35.5. The molecule has 25 heavy (non-hydrogen) atoms. The van der Waals surface area contributed by atoms with Crippen LogP contribution in [0, 0.1) is 0 Å². The van der Waals surface area contributed by atoms with Crippen LogP contribution in [0.4, 0.5) is 0 Å². The van der Waals surface area contributed by atoms with Crippen LogP contribution in [0.1, 0.15) is 33.7 Å². The third-order valence-corrected chi connectivity index (χ3v) is 5.16. The van der Waals surface area contributed by atoms with Gasteiger partial charge in [-0.15, -0.1) is 12.4 Å². The van der Waals surface area contributed by atoms with Gasteiger partial charge in [-0.1, -0.05) is 78.9 Å². The number of hydrogen-bond donors (Lipinski definition) is 1. The minimum Gasteiger partial charge on any atom is -0.327 e. The number of rotatable bonds is 4. The Kier molecular flexibility index (Phi) is 5.57. The molecule has 3 aromatic rings. The van der Waals surface area contributed by atoms with E-state index >= 15 is 0 Å². The largest absolute Gasteiger partial charge is 0.327 e. The second kappa shape index (κ2) is 7.86. The highest BCUT2D eigenvalue weighted by Gasteiger charge is 2.29. The van der Waals surface area contributed by atoms with E-state index in [0.29, 0.717) is 5.92 Å². The zero-order valence-corrected chi connectivity index (χ0v) is 15.1. The van der Waals surface area contributed by atoms with Gasteiger partial charge in [-0.3, -0.25) is 0 Å². The molecule has 0 bridgehead atoms. The first-order valence-corrected chi connectivity index (χ1v) is 8.75. The maximum atomic E-state index is 6.41. The maximum absolute atomic E-state index is 6.41. The normalized spacial score (nSPS) is 18.4. The van der Waals surface area contributed by atoms with E-state index in [0.717, 1.165) is 19.3 Å². The number of fused-ring (bicyclic) bond motifs is 1. The Morgan fingerprint density at radius 3 is 2.08 bits per heavy atom. The van der Waals surface area contributed by atoms with Crippen molar-refractivity contribution in [2.75, 3.05) is 0 Å². The van der Waals surface area contributed by atoms with Crippen LogP contribution in [0.2, 0.25) is 0 Å². The monoisotopic (exact) mass is 349 g/mol. The molecule has 2 N–H and O–H groups in total. The van der Waals surface area contributed by atoms with E-state index < -0.39 is 0 Å². The fourth-order valence-electron chi connectivity index (χ4n) is 3.85. The van der Waals surface area contributed by atoms with Crippen LogP contribution in [-0.4, -0.2) is 6.04 Å². The van der Waals surface area contributed by atoms with Crippen LogP contribution in [0.3, 0.4) is 0 Å². The summed E-state index contributed by atoms with van der Waals surface area (Å²) in [6.07, 6.45) is 3.03. The van der Waals surface area contributed by atoms with Gasteiger partial charge >= 0.3 is 0 Å². The van der Waals surface area contributed by atoms with E-state index in [1.807, 2.05) is 0 Å². The average molecular weight is 350 g/mol. The fourth-order valence-corrected chi connectivity index (χ4v) is 3.85. The molecular weight excluding hydrogens is 326 g/mol. The predicted molar refractivity (Wildman–Crippen MR) is 108 cm³/mol. The topological polar surface area (TPSA) is 26.0 Å². The van der Waals surface area contributed by atoms with E-state index in [9.17, 15) is 0 Å². The fraction of sp³-hybridized carbons (Fsp3) is 0.217. The molecule has 3 aromatic carbocycles. The van der Waals surface area contributed by atoms with E-state index in [4.69, 9.17) is 5.73 Å². The van der Waals surface area contributed by atoms with E-state index in [-0.39, 0.29) is 18.4 Å². The molecule has 0 spiro atoms. The standard InChI is InChI=1S/C23H23N.ClH/c24-23-16-20-8-4-5-9-21(20)22(23)15-19-12-10-18(11-13-19)14-17-6-2-1-3-7-17;/h1-13,22-23H,14-16,24H2;1H. The Bertz CT molecular complexity index is 811. The van der Waals surface area contributed by atoms with Gasteiger partial charge in [-0.05, 0) is 47.1 Å². The molecule has 0 aromatic heterocycles. The van der Waals surface area contributed by atoms with Crippen molar-refractivity contribution in [3.05, 3.63) is 107 Å². The molecule has 128 valence electrons. The molecule has 0 amide bonds. The van der Waals surface area contributed by atoms with Gasteiger partial charge in [0.2, 0.25) is 0 Å². The van der Waals surface area contributed by atoms with Gasteiger partial charge in [-0.25, -0.2) is 0 Å². The van der Waals surface area contributed by atoms with Crippen molar-refractivity contribution >= 4 is 12.4 Å². The average Bonchev–Trinajstić information content (AvgIpc) is 2.93. The minimum atomic E-state index is 0. The lowest BCUT2D eigenvalue weighted by Gasteiger charge is -2.17. The molecule has 2 heteroatoms. The lowest BCUT2D eigenvalue weighted by molar-refractivity contribution is 0.570. The van der Waals surface area contributed by atoms with Gasteiger partial charge in [0.25, 0.3) is 0 Å². The Labute approximate surface area is 156 Å². The number of nitrogens with two attached hydrogens (primary N) is 1. The summed E-state index contributed by atoms with van der Waals surface area (Å²) in [5.41, 5.74) is 13.4. The Morgan fingerprint density at radius 2 is 1.32 bits per heavy atom. The lowest BCUT2D eigenvalue weighted by atomic mass is 9.90. The molecule has 0 saturated carbocycles. The lowest BCUT2D eigenvalue weighted by Crippen LogP contribution is -2.26. The van der Waals surface area contributed by atoms with Crippen molar-refractivity contribution in [2.45, 2.75) is 31.2 Å². The van der Waals surface area contributed by atoms with Crippen molar-refractivity contribution in [1.82, 2.24) is 0 Å². The first kappa shape index (κ1) is 17.7. The third kappa shape index (κ3) is 3.95. The summed E-state index contributed by atoms with van der Waals surface area (Å²) in [5, 5.41) is 0. The first-order valence-electron chi connectivity index (χ1n) is 8.75. The van der Waals surface area contributed by atoms with Crippen molar-refractivity contribution < 1.29 is 0 Å². The quantitative estimate of drug-likeness (QED) is 0.711. The summed E-state index contributed by atoms with van der Waals surface area (Å²) in [4.78, 5) is 0. The summed E-state index contributed by atoms with van der Waals surface area (Å²) in [6.45, 7) is 0. The second-order valence-corrected chi connectivity index (χ2v) is 6.86. The van der Waals surface area contributed by atoms with Gasteiger partial charge in [0.15, 0.2) is 0 Å². The van der Waals surface area contributed by atoms with Gasteiger partial charge in [0.1, 0.15) is 0 Å². The van der Waals surface area contributed by atoms with Crippen molar-refractivity contribution in [3.63, 3.8) is 0 Å². The molecule has 0 heterocycles. The molecule has 1 aliphatic rings. The van der Waals surface area contributed by atoms with Gasteiger partial charge < -0.3 is 5.73 Å². The van der Waals surface area contributed by atoms with Crippen LogP contribution < -0.4 is 5.73 Å². The molecule has 0 radical (unpaired) electrons. The second-order valence-electron chi connectivity index (χ2n) is 6.86. The van der Waals surface area contributed by atoms with Crippen molar-refractivity contribution in [2.24, 2.45) is 5.73 Å². The molecule has 1 nitrogen and oxygen atoms in total. The zero-order valence-electron chi connectivity index (χ0n) is 14.3. The molecular formula is C23H24ClN. The predicted octanol–water partition coefficient (Wildman–Crippen LogP) is 4.91. The maximum Gasteiger partial charge on any atom is 0.0152 e. The highest BCUT2D eigenvalue weighted by molar-refractivity contribution is 5.85. The number of hydrogen-bond acceptors (Lipinski definition) is 1. The van der Waals surface area contributed by atoms with Crippen LogP contribution in [0.15, 0.2) is 78.9 Å². The molecule has 2 unspecified atom stereocenters. The van der Waals surface area contributed by atoms with Crippen molar-refractivity contribution in [3.8, 4) is 0 Å². The smallest absolute Gasteiger partial charge is 0.0152 e. The number of halogens is 1.